The molecule has 0 atom stereocenters. The van der Waals surface area contributed by atoms with Crippen LogP contribution in [0.15, 0.2) is 0 Å². The Balaban J connectivity index is 5.63. The van der Waals surface area contributed by atoms with Crippen LogP contribution in [0.1, 0.15) is 27.7 Å². The van der Waals surface area contributed by atoms with Crippen LogP contribution in [0.25, 0.3) is 0 Å². The van der Waals surface area contributed by atoms with E-state index in [1.807, 2.05) is 0 Å². The van der Waals surface area contributed by atoms with Crippen molar-refractivity contribution in [2.24, 2.45) is 0 Å². The van der Waals surface area contributed by atoms with E-state index < -0.39 is 32.8 Å². The van der Waals surface area contributed by atoms with E-state index in [-0.39, 0.29) is 6.04 Å². The molecule has 0 aliphatic carbocycles. The first-order valence-electron chi connectivity index (χ1n) is 5.47. The van der Waals surface area contributed by atoms with E-state index in [1.165, 1.54) is 13.8 Å². The number of hydrogen-bond donors (Lipinski definition) is 5. The molecule has 0 rings (SSSR count). The summed E-state index contributed by atoms with van der Waals surface area (Å²) in [6.07, 6.45) is 0. The number of nitrogens with zero attached hydrogens (tertiary/aromatic N) is 1. The predicted octanol–water partition coefficient (Wildman–Crippen LogP) is 0.454. The van der Waals surface area contributed by atoms with Gasteiger partial charge in [0.25, 0.3) is 0 Å². The van der Waals surface area contributed by atoms with Crippen molar-refractivity contribution in [1.29, 1.82) is 0 Å². The lowest BCUT2D eigenvalue weighted by atomic mass is 10.3. The summed E-state index contributed by atoms with van der Waals surface area (Å²) >= 11 is 0. The van der Waals surface area contributed by atoms with Crippen molar-refractivity contribution >= 4 is 21.2 Å². The fourth-order valence-corrected chi connectivity index (χ4v) is 4.41. The molecule has 0 fully saturated rings. The number of rotatable bonds is 5. The minimum Gasteiger partial charge on any atom is -0.336 e. The fourth-order valence-electron chi connectivity index (χ4n) is 1.45. The number of hydrogen-bond acceptors (Lipinski definition) is 3. The van der Waals surface area contributed by atoms with Crippen LogP contribution in [0.4, 0.5) is 4.79 Å². The van der Waals surface area contributed by atoms with E-state index in [1.54, 1.807) is 13.8 Å². The maximum absolute atomic E-state index is 11.9. The molecule has 0 aromatic heterocycles. The summed E-state index contributed by atoms with van der Waals surface area (Å²) in [7, 11) is -10.4. The molecule has 2 amide bonds. The third kappa shape index (κ3) is 5.60. The van der Waals surface area contributed by atoms with Crippen LogP contribution >= 0.6 is 15.2 Å². The molecular formula is C8H20N2O7P2. The molecule has 0 unspecified atom stereocenters. The first kappa shape index (κ1) is 18.6. The molecule has 9 nitrogen and oxygen atoms in total. The van der Waals surface area contributed by atoms with Gasteiger partial charge in [0, 0.05) is 12.1 Å². The Bertz CT molecular complexity index is 391. The van der Waals surface area contributed by atoms with Gasteiger partial charge in [0.15, 0.2) is 0 Å². The summed E-state index contributed by atoms with van der Waals surface area (Å²) in [5, 5.41) is 2.35. The van der Waals surface area contributed by atoms with Gasteiger partial charge in [-0.1, -0.05) is 0 Å². The van der Waals surface area contributed by atoms with Crippen molar-refractivity contribution in [1.82, 2.24) is 10.2 Å². The van der Waals surface area contributed by atoms with Gasteiger partial charge < -0.3 is 24.9 Å². The van der Waals surface area contributed by atoms with Crippen molar-refractivity contribution in [3.8, 4) is 0 Å². The molecule has 0 aromatic rings. The molecule has 5 N–H and O–H groups in total. The van der Waals surface area contributed by atoms with E-state index in [9.17, 15) is 13.9 Å². The maximum Gasteiger partial charge on any atom is 0.360 e. The van der Waals surface area contributed by atoms with Gasteiger partial charge in [0.05, 0.1) is 0 Å². The zero-order valence-electron chi connectivity index (χ0n) is 11.1. The van der Waals surface area contributed by atoms with E-state index >= 15 is 0 Å². The van der Waals surface area contributed by atoms with E-state index in [0.717, 1.165) is 0 Å². The van der Waals surface area contributed by atoms with Crippen molar-refractivity contribution < 1.29 is 33.5 Å². The fraction of sp³-hybridized carbons (Fsp3) is 0.875. The summed E-state index contributed by atoms with van der Waals surface area (Å²) in [6, 6.07) is -2.09. The van der Waals surface area contributed by atoms with E-state index in [0.29, 0.717) is 4.90 Å². The lowest BCUT2D eigenvalue weighted by Gasteiger charge is -2.35. The molecule has 19 heavy (non-hydrogen) atoms. The van der Waals surface area contributed by atoms with Crippen LogP contribution in [0.3, 0.4) is 0 Å². The van der Waals surface area contributed by atoms with Crippen LogP contribution in [0.5, 0.6) is 0 Å². The molecule has 0 aromatic carbocycles. The van der Waals surface area contributed by atoms with E-state index in [4.69, 9.17) is 19.6 Å². The third-order valence-corrected chi connectivity index (χ3v) is 5.56. The zero-order valence-corrected chi connectivity index (χ0v) is 12.9. The highest BCUT2D eigenvalue weighted by Crippen LogP contribution is 2.61. The quantitative estimate of drug-likeness (QED) is 0.462. The molecule has 0 spiro atoms. The average Bonchev–Trinajstić information content (AvgIpc) is 2.07. The highest BCUT2D eigenvalue weighted by atomic mass is 31.2. The summed E-state index contributed by atoms with van der Waals surface area (Å²) < 4.78 is 22.6. The van der Waals surface area contributed by atoms with Crippen LogP contribution in [-0.4, -0.2) is 48.1 Å². The lowest BCUT2D eigenvalue weighted by molar-refractivity contribution is 0.169. The second kappa shape index (κ2) is 6.35. The van der Waals surface area contributed by atoms with E-state index in [2.05, 4.69) is 5.32 Å². The second-order valence-corrected chi connectivity index (χ2v) is 8.37. The van der Waals surface area contributed by atoms with Gasteiger partial charge in [-0.15, -0.1) is 0 Å². The highest BCUT2D eigenvalue weighted by Gasteiger charge is 2.50. The number of amides is 2. The second-order valence-electron chi connectivity index (χ2n) is 4.63. The molecule has 11 heteroatoms. The SMILES string of the molecule is CC(C)NC(=O)N(C(C)C)C(P(=O)(O)O)P(=O)(O)O. The Morgan fingerprint density at radius 1 is 1.00 bits per heavy atom. The summed E-state index contributed by atoms with van der Waals surface area (Å²) in [5.74, 6) is 0. The monoisotopic (exact) mass is 318 g/mol. The topological polar surface area (TPSA) is 147 Å². The summed E-state index contributed by atoms with van der Waals surface area (Å²) in [6.45, 7) is 6.03. The summed E-state index contributed by atoms with van der Waals surface area (Å²) in [4.78, 5) is 48.8. The maximum atomic E-state index is 11.9. The number of urea groups is 1. The Morgan fingerprint density at radius 3 is 1.58 bits per heavy atom. The minimum atomic E-state index is -5.20. The van der Waals surface area contributed by atoms with Crippen molar-refractivity contribution in [3.05, 3.63) is 0 Å². The molecule has 0 bridgehead atoms. The minimum absolute atomic E-state index is 0.344. The molecule has 114 valence electrons. The Kier molecular flexibility index (Phi) is 6.20. The zero-order chi connectivity index (χ0) is 15.6. The molecular weight excluding hydrogens is 298 g/mol. The van der Waals surface area contributed by atoms with Crippen molar-refractivity contribution in [3.63, 3.8) is 0 Å². The third-order valence-electron chi connectivity index (χ3n) is 2.05. The number of carbonyl (C=O) groups excluding carboxylic acids is 1. The van der Waals surface area contributed by atoms with Gasteiger partial charge in [-0.3, -0.25) is 14.0 Å². The first-order chi connectivity index (χ1) is 8.28. The van der Waals surface area contributed by atoms with Gasteiger partial charge >= 0.3 is 21.2 Å². The molecule has 0 saturated heterocycles. The summed E-state index contributed by atoms with van der Waals surface area (Å²) in [5.41, 5.74) is -2.49. The Labute approximate surface area is 111 Å². The van der Waals surface area contributed by atoms with Gasteiger partial charge in [-0.25, -0.2) is 4.79 Å². The predicted molar refractivity (Wildman–Crippen MR) is 68.5 cm³/mol. The number of carbonyl (C=O) groups is 1. The Morgan fingerprint density at radius 2 is 1.37 bits per heavy atom. The largest absolute Gasteiger partial charge is 0.360 e. The van der Waals surface area contributed by atoms with Gasteiger partial charge in [0.1, 0.15) is 0 Å². The Hall–Kier alpha value is -0.430. The smallest absolute Gasteiger partial charge is 0.336 e. The van der Waals surface area contributed by atoms with Gasteiger partial charge in [-0.05, 0) is 27.7 Å². The molecule has 0 heterocycles. The highest BCUT2D eigenvalue weighted by molar-refractivity contribution is 7.70. The van der Waals surface area contributed by atoms with Crippen molar-refractivity contribution in [2.45, 2.75) is 45.3 Å². The molecule has 0 saturated carbocycles. The standard InChI is InChI=1S/C8H20N2O7P2/c1-5(2)9-7(11)10(6(3)4)8(18(12,13)14)19(15,16)17/h5-6,8H,1-4H3,(H,9,11)(H2,12,13,14)(H2,15,16,17). The molecule has 0 aliphatic heterocycles. The molecule has 0 radical (unpaired) electrons. The van der Waals surface area contributed by atoms with Gasteiger partial charge in [-0.2, -0.15) is 0 Å². The lowest BCUT2D eigenvalue weighted by Crippen LogP contribution is -2.51. The average molecular weight is 318 g/mol. The van der Waals surface area contributed by atoms with Crippen LogP contribution in [0.2, 0.25) is 0 Å². The number of nitrogens with one attached hydrogen (secondary N) is 1. The van der Waals surface area contributed by atoms with Crippen LogP contribution in [0, 0.1) is 0 Å². The van der Waals surface area contributed by atoms with Gasteiger partial charge in [0.2, 0.25) is 5.52 Å². The first-order valence-corrected chi connectivity index (χ1v) is 8.84. The van der Waals surface area contributed by atoms with Crippen molar-refractivity contribution in [2.75, 3.05) is 0 Å². The van der Waals surface area contributed by atoms with Crippen LogP contribution in [-0.2, 0) is 9.13 Å². The van der Waals surface area contributed by atoms with Crippen LogP contribution < -0.4 is 5.32 Å². The molecule has 0 aliphatic rings. The normalized spacial score (nSPS) is 13.2.